The normalized spacial score (nSPS) is 18.4. The van der Waals surface area contributed by atoms with E-state index in [2.05, 4.69) is 84.9 Å². The Morgan fingerprint density at radius 3 is 1.39 bits per heavy atom. The summed E-state index contributed by atoms with van der Waals surface area (Å²) in [6.45, 7) is 0. The molecule has 4 aromatic carbocycles. The molecule has 2 aliphatic carbocycles. The zero-order chi connectivity index (χ0) is 20.9. The highest BCUT2D eigenvalue weighted by atomic mass is 16.5. The Kier molecular flexibility index (Phi) is 4.14. The molecule has 2 nitrogen and oxygen atoms in total. The third-order valence-electron chi connectivity index (χ3n) is 6.84. The molecule has 0 aromatic heterocycles. The summed E-state index contributed by atoms with van der Waals surface area (Å²) in [4.78, 5) is 0. The molecule has 0 N–H and O–H groups in total. The van der Waals surface area contributed by atoms with Crippen LogP contribution in [-0.2, 0) is 0 Å². The molecule has 2 bridgehead atoms. The predicted octanol–water partition coefficient (Wildman–Crippen LogP) is 7.33. The van der Waals surface area contributed by atoms with Crippen molar-refractivity contribution in [3.05, 3.63) is 96.1 Å². The maximum Gasteiger partial charge on any atom is 0.131 e. The number of rotatable bonds is 4. The molecule has 152 valence electrons. The molecular weight excluding hydrogens is 380 g/mol. The maximum atomic E-state index is 6.19. The summed E-state index contributed by atoms with van der Waals surface area (Å²) in [5, 5.41) is 2.29. The van der Waals surface area contributed by atoms with Gasteiger partial charge in [0.15, 0.2) is 0 Å². The van der Waals surface area contributed by atoms with Crippen LogP contribution in [0.15, 0.2) is 84.9 Å². The zero-order valence-electron chi connectivity index (χ0n) is 17.8. The standard InChI is InChI=1S/C29H24O2/c1-30-28-24-20-13-14-21(17-20)25(24)29(31-2)27-23(19-11-7-4-8-12-19)16-15-22(26(27)28)18-9-5-3-6-10-18/h3-16,20-21H,17H2,1-2H3. The number of methoxy groups -OCH3 is 2. The molecule has 2 atom stereocenters. The summed E-state index contributed by atoms with van der Waals surface area (Å²) in [5.41, 5.74) is 7.35. The highest BCUT2D eigenvalue weighted by Crippen LogP contribution is 2.60. The van der Waals surface area contributed by atoms with Crippen molar-refractivity contribution < 1.29 is 9.47 Å². The number of benzene rings is 4. The molecule has 0 aliphatic heterocycles. The summed E-state index contributed by atoms with van der Waals surface area (Å²) in [5.74, 6) is 2.80. The summed E-state index contributed by atoms with van der Waals surface area (Å²) in [7, 11) is 3.61. The Morgan fingerprint density at radius 1 is 0.581 bits per heavy atom. The van der Waals surface area contributed by atoms with Gasteiger partial charge in [-0.1, -0.05) is 84.9 Å². The van der Waals surface area contributed by atoms with E-state index in [-0.39, 0.29) is 0 Å². The van der Waals surface area contributed by atoms with Crippen molar-refractivity contribution in [2.45, 2.75) is 18.3 Å². The lowest BCUT2D eigenvalue weighted by atomic mass is 9.84. The third-order valence-corrected chi connectivity index (χ3v) is 6.84. The average Bonchev–Trinajstić information content (AvgIpc) is 3.46. The molecule has 0 saturated carbocycles. The molecule has 0 spiro atoms. The van der Waals surface area contributed by atoms with Gasteiger partial charge in [0, 0.05) is 33.7 Å². The lowest BCUT2D eigenvalue weighted by molar-refractivity contribution is 0.404. The quantitative estimate of drug-likeness (QED) is 0.332. The first kappa shape index (κ1) is 18.3. The summed E-state index contributed by atoms with van der Waals surface area (Å²) in [6, 6.07) is 25.6. The lowest BCUT2D eigenvalue weighted by Crippen LogP contribution is -2.04. The van der Waals surface area contributed by atoms with Crippen LogP contribution in [0.1, 0.15) is 29.4 Å². The van der Waals surface area contributed by atoms with E-state index >= 15 is 0 Å². The first-order chi connectivity index (χ1) is 15.3. The van der Waals surface area contributed by atoms with Crippen LogP contribution in [0.3, 0.4) is 0 Å². The smallest absolute Gasteiger partial charge is 0.131 e. The van der Waals surface area contributed by atoms with Crippen molar-refractivity contribution in [3.63, 3.8) is 0 Å². The topological polar surface area (TPSA) is 18.5 Å². The molecule has 0 heterocycles. The second-order valence-electron chi connectivity index (χ2n) is 8.37. The SMILES string of the molecule is COc1c2c(c(OC)c3c(-c4ccccc4)ccc(-c4ccccc4)c13)C1C=CC2C1. The second kappa shape index (κ2) is 7.02. The zero-order valence-corrected chi connectivity index (χ0v) is 17.8. The van der Waals surface area contributed by atoms with Crippen LogP contribution in [0.4, 0.5) is 0 Å². The second-order valence-corrected chi connectivity index (χ2v) is 8.37. The van der Waals surface area contributed by atoms with Gasteiger partial charge in [0.1, 0.15) is 11.5 Å². The molecule has 2 unspecified atom stereocenters. The van der Waals surface area contributed by atoms with Crippen LogP contribution in [0.25, 0.3) is 33.0 Å². The minimum Gasteiger partial charge on any atom is -0.496 e. The molecule has 31 heavy (non-hydrogen) atoms. The fraction of sp³-hybridized carbons (Fsp3) is 0.172. The minimum absolute atomic E-state index is 0.400. The highest BCUT2D eigenvalue weighted by molar-refractivity contribution is 6.13. The van der Waals surface area contributed by atoms with E-state index in [1.807, 2.05) is 0 Å². The number of fused-ring (bicyclic) bond motifs is 6. The molecule has 2 aliphatic rings. The van der Waals surface area contributed by atoms with E-state index in [1.54, 1.807) is 14.2 Å². The number of hydrogen-bond acceptors (Lipinski definition) is 2. The van der Waals surface area contributed by atoms with E-state index in [9.17, 15) is 0 Å². The molecule has 4 aromatic rings. The van der Waals surface area contributed by atoms with E-state index in [1.165, 1.54) is 33.4 Å². The monoisotopic (exact) mass is 404 g/mol. The van der Waals surface area contributed by atoms with Crippen molar-refractivity contribution in [3.8, 4) is 33.8 Å². The van der Waals surface area contributed by atoms with Gasteiger partial charge >= 0.3 is 0 Å². The van der Waals surface area contributed by atoms with Gasteiger partial charge in [-0.2, -0.15) is 0 Å². The van der Waals surface area contributed by atoms with Gasteiger partial charge in [0.05, 0.1) is 14.2 Å². The Hall–Kier alpha value is -3.52. The lowest BCUT2D eigenvalue weighted by Gasteiger charge is -2.24. The van der Waals surface area contributed by atoms with Crippen LogP contribution in [0.5, 0.6) is 11.5 Å². The molecular formula is C29H24O2. The minimum atomic E-state index is 0.400. The fourth-order valence-electron chi connectivity index (χ4n) is 5.59. The Bertz CT molecular complexity index is 1220. The Balaban J connectivity index is 1.82. The largest absolute Gasteiger partial charge is 0.496 e. The molecule has 6 rings (SSSR count). The summed E-state index contributed by atoms with van der Waals surface area (Å²) in [6.07, 6.45) is 5.79. The Morgan fingerprint density at radius 2 is 1.00 bits per heavy atom. The van der Waals surface area contributed by atoms with Gasteiger partial charge in [-0.3, -0.25) is 0 Å². The molecule has 2 heteroatoms. The number of ether oxygens (including phenoxy) is 2. The number of hydrogen-bond donors (Lipinski definition) is 0. The summed E-state index contributed by atoms with van der Waals surface area (Å²) < 4.78 is 12.4. The fourth-order valence-corrected chi connectivity index (χ4v) is 5.59. The van der Waals surface area contributed by atoms with Crippen molar-refractivity contribution >= 4 is 10.8 Å². The van der Waals surface area contributed by atoms with Crippen molar-refractivity contribution in [2.75, 3.05) is 14.2 Å². The molecule has 0 saturated heterocycles. The first-order valence-electron chi connectivity index (χ1n) is 10.9. The Labute approximate surface area is 182 Å². The van der Waals surface area contributed by atoms with E-state index < -0.39 is 0 Å². The van der Waals surface area contributed by atoms with Crippen LogP contribution in [0, 0.1) is 0 Å². The summed E-state index contributed by atoms with van der Waals surface area (Å²) >= 11 is 0. The molecule has 0 amide bonds. The first-order valence-corrected chi connectivity index (χ1v) is 10.9. The van der Waals surface area contributed by atoms with Gasteiger partial charge < -0.3 is 9.47 Å². The highest BCUT2D eigenvalue weighted by Gasteiger charge is 2.40. The van der Waals surface area contributed by atoms with Crippen molar-refractivity contribution in [1.82, 2.24) is 0 Å². The molecule has 0 radical (unpaired) electrons. The van der Waals surface area contributed by atoms with Gasteiger partial charge in [-0.05, 0) is 28.7 Å². The predicted molar refractivity (Wildman–Crippen MR) is 127 cm³/mol. The van der Waals surface area contributed by atoms with Gasteiger partial charge in [0.25, 0.3) is 0 Å². The van der Waals surface area contributed by atoms with Gasteiger partial charge in [0.2, 0.25) is 0 Å². The molecule has 0 fully saturated rings. The van der Waals surface area contributed by atoms with Crippen molar-refractivity contribution in [1.29, 1.82) is 0 Å². The van der Waals surface area contributed by atoms with Crippen LogP contribution >= 0.6 is 0 Å². The number of allylic oxidation sites excluding steroid dienone is 2. The third kappa shape index (κ3) is 2.58. The average molecular weight is 405 g/mol. The van der Waals surface area contributed by atoms with Gasteiger partial charge in [-0.15, -0.1) is 0 Å². The van der Waals surface area contributed by atoms with E-state index in [4.69, 9.17) is 9.47 Å². The van der Waals surface area contributed by atoms with E-state index in [0.29, 0.717) is 11.8 Å². The van der Waals surface area contributed by atoms with Crippen LogP contribution in [0.2, 0.25) is 0 Å². The van der Waals surface area contributed by atoms with E-state index in [0.717, 1.165) is 28.7 Å². The van der Waals surface area contributed by atoms with Crippen LogP contribution < -0.4 is 9.47 Å². The van der Waals surface area contributed by atoms with Crippen molar-refractivity contribution in [2.24, 2.45) is 0 Å². The van der Waals surface area contributed by atoms with Gasteiger partial charge in [-0.25, -0.2) is 0 Å². The maximum absolute atomic E-state index is 6.19. The van der Waals surface area contributed by atoms with Crippen LogP contribution in [-0.4, -0.2) is 14.2 Å².